The number of benzene rings is 3. The van der Waals surface area contributed by atoms with Crippen LogP contribution < -0.4 is 4.74 Å². The molecule has 0 aliphatic heterocycles. The van der Waals surface area contributed by atoms with Gasteiger partial charge in [0.1, 0.15) is 12.4 Å². The number of pyridine rings is 1. The number of aromatic nitrogens is 5. The molecule has 34 heavy (non-hydrogen) atoms. The molecular formula is C28H25N5O. The number of fused-ring (bicyclic) bond motifs is 1. The standard InChI is InChI=1S/C28H25N5O/c1-2-6-27-24(5-1)16-17-25(29-27)20-34-26-18-14-23(15-19-26)13-12-22-10-8-21(9-11-22)4-3-7-28-30-32-33-31-28/h1-2,5-6,8-19H,3-4,7,20H2,(H,30,31,32,33). The van der Waals surface area contributed by atoms with E-state index in [4.69, 9.17) is 4.74 Å². The highest BCUT2D eigenvalue weighted by molar-refractivity contribution is 5.78. The summed E-state index contributed by atoms with van der Waals surface area (Å²) < 4.78 is 5.93. The van der Waals surface area contributed by atoms with E-state index in [-0.39, 0.29) is 0 Å². The monoisotopic (exact) mass is 447 g/mol. The van der Waals surface area contributed by atoms with E-state index in [9.17, 15) is 0 Å². The molecule has 0 aliphatic carbocycles. The number of hydrogen-bond acceptors (Lipinski definition) is 5. The van der Waals surface area contributed by atoms with Crippen LogP contribution in [0, 0.1) is 0 Å². The van der Waals surface area contributed by atoms with Crippen LogP contribution in [-0.2, 0) is 19.4 Å². The van der Waals surface area contributed by atoms with Crippen LogP contribution in [0.15, 0.2) is 84.9 Å². The van der Waals surface area contributed by atoms with Gasteiger partial charge in [0, 0.05) is 11.8 Å². The van der Waals surface area contributed by atoms with Gasteiger partial charge in [-0.15, -0.1) is 10.2 Å². The molecule has 0 spiro atoms. The summed E-state index contributed by atoms with van der Waals surface area (Å²) in [7, 11) is 0. The first-order chi connectivity index (χ1) is 16.8. The topological polar surface area (TPSA) is 76.6 Å². The summed E-state index contributed by atoms with van der Waals surface area (Å²) in [6.45, 7) is 0.446. The lowest BCUT2D eigenvalue weighted by atomic mass is 10.1. The molecule has 168 valence electrons. The minimum Gasteiger partial charge on any atom is -0.487 e. The summed E-state index contributed by atoms with van der Waals surface area (Å²) in [6.07, 6.45) is 7.06. The van der Waals surface area contributed by atoms with Crippen LogP contribution in [0.25, 0.3) is 23.1 Å². The van der Waals surface area contributed by atoms with Crippen molar-refractivity contribution in [2.45, 2.75) is 25.9 Å². The van der Waals surface area contributed by atoms with Crippen molar-refractivity contribution in [1.29, 1.82) is 0 Å². The van der Waals surface area contributed by atoms with Crippen LogP contribution in [0.2, 0.25) is 0 Å². The van der Waals surface area contributed by atoms with E-state index in [1.54, 1.807) is 0 Å². The van der Waals surface area contributed by atoms with E-state index < -0.39 is 0 Å². The first-order valence-corrected chi connectivity index (χ1v) is 11.4. The van der Waals surface area contributed by atoms with Gasteiger partial charge in [-0.05, 0) is 53.8 Å². The Kier molecular flexibility index (Phi) is 6.67. The van der Waals surface area contributed by atoms with E-state index >= 15 is 0 Å². The van der Waals surface area contributed by atoms with Gasteiger partial charge in [-0.3, -0.25) is 0 Å². The van der Waals surface area contributed by atoms with Gasteiger partial charge in [-0.2, -0.15) is 5.21 Å². The molecule has 0 aliphatic rings. The Morgan fingerprint density at radius 3 is 2.29 bits per heavy atom. The summed E-state index contributed by atoms with van der Waals surface area (Å²) >= 11 is 0. The minimum atomic E-state index is 0.446. The maximum Gasteiger partial charge on any atom is 0.174 e. The number of aromatic amines is 1. The molecule has 0 saturated carbocycles. The van der Waals surface area contributed by atoms with Gasteiger partial charge in [-0.25, -0.2) is 4.98 Å². The predicted octanol–water partition coefficient (Wildman–Crippen LogP) is 5.67. The highest BCUT2D eigenvalue weighted by Gasteiger charge is 2.01. The zero-order valence-corrected chi connectivity index (χ0v) is 18.8. The Bertz CT molecular complexity index is 1360. The summed E-state index contributed by atoms with van der Waals surface area (Å²) in [5.41, 5.74) is 5.51. The molecule has 0 fully saturated rings. The molecule has 0 radical (unpaired) electrons. The number of hydrogen-bond donors (Lipinski definition) is 1. The van der Waals surface area contributed by atoms with E-state index in [2.05, 4.69) is 86.3 Å². The van der Waals surface area contributed by atoms with E-state index in [0.29, 0.717) is 6.61 Å². The second-order valence-electron chi connectivity index (χ2n) is 8.11. The third-order valence-corrected chi connectivity index (χ3v) is 5.63. The van der Waals surface area contributed by atoms with Crippen molar-refractivity contribution < 1.29 is 4.74 Å². The average molecular weight is 448 g/mol. The maximum atomic E-state index is 5.93. The van der Waals surface area contributed by atoms with Crippen LogP contribution in [0.4, 0.5) is 0 Å². The number of ether oxygens (including phenoxy) is 1. The van der Waals surface area contributed by atoms with Crippen LogP contribution >= 0.6 is 0 Å². The van der Waals surface area contributed by atoms with Gasteiger partial charge in [0.05, 0.1) is 11.2 Å². The van der Waals surface area contributed by atoms with Crippen molar-refractivity contribution in [3.05, 3.63) is 113 Å². The smallest absolute Gasteiger partial charge is 0.174 e. The van der Waals surface area contributed by atoms with Gasteiger partial charge in [0.2, 0.25) is 0 Å². The van der Waals surface area contributed by atoms with Crippen LogP contribution in [0.1, 0.15) is 34.6 Å². The van der Waals surface area contributed by atoms with Crippen LogP contribution in [-0.4, -0.2) is 25.6 Å². The molecular weight excluding hydrogens is 422 g/mol. The molecule has 0 bridgehead atoms. The molecule has 2 aromatic heterocycles. The summed E-state index contributed by atoms with van der Waals surface area (Å²) in [6, 6.07) is 29.0. The predicted molar refractivity (Wildman–Crippen MR) is 134 cm³/mol. The largest absolute Gasteiger partial charge is 0.487 e. The van der Waals surface area contributed by atoms with E-state index in [1.165, 1.54) is 11.1 Å². The Balaban J connectivity index is 1.11. The Hall–Kier alpha value is -4.32. The molecule has 5 rings (SSSR count). The highest BCUT2D eigenvalue weighted by Crippen LogP contribution is 2.18. The third kappa shape index (κ3) is 5.72. The van der Waals surface area contributed by atoms with Gasteiger partial charge in [-0.1, -0.05) is 78.0 Å². The molecule has 3 aromatic carbocycles. The number of aryl methyl sites for hydroxylation is 2. The number of para-hydroxylation sites is 1. The van der Waals surface area contributed by atoms with Crippen molar-refractivity contribution in [3.63, 3.8) is 0 Å². The molecule has 0 atom stereocenters. The first kappa shape index (κ1) is 21.5. The van der Waals surface area contributed by atoms with E-state index in [1.807, 2.05) is 36.4 Å². The van der Waals surface area contributed by atoms with Gasteiger partial charge < -0.3 is 4.74 Å². The van der Waals surface area contributed by atoms with Crippen molar-refractivity contribution in [2.24, 2.45) is 0 Å². The molecule has 1 N–H and O–H groups in total. The zero-order valence-electron chi connectivity index (χ0n) is 18.8. The normalized spacial score (nSPS) is 11.3. The highest BCUT2D eigenvalue weighted by atomic mass is 16.5. The lowest BCUT2D eigenvalue weighted by Crippen LogP contribution is -1.98. The third-order valence-electron chi connectivity index (χ3n) is 5.63. The van der Waals surface area contributed by atoms with Gasteiger partial charge in [0.15, 0.2) is 5.82 Å². The Morgan fingerprint density at radius 2 is 1.53 bits per heavy atom. The van der Waals surface area contributed by atoms with Crippen molar-refractivity contribution >= 4 is 23.1 Å². The van der Waals surface area contributed by atoms with Crippen molar-refractivity contribution in [2.75, 3.05) is 0 Å². The molecule has 2 heterocycles. The fourth-order valence-electron chi connectivity index (χ4n) is 3.75. The molecule has 0 unspecified atom stereocenters. The summed E-state index contributed by atoms with van der Waals surface area (Å²) in [5, 5.41) is 15.2. The summed E-state index contributed by atoms with van der Waals surface area (Å²) in [5.74, 6) is 1.60. The zero-order chi connectivity index (χ0) is 23.0. The fraction of sp³-hybridized carbons (Fsp3) is 0.143. The van der Waals surface area contributed by atoms with Crippen LogP contribution in [0.5, 0.6) is 5.75 Å². The lowest BCUT2D eigenvalue weighted by Gasteiger charge is -2.07. The molecule has 6 nitrogen and oxygen atoms in total. The van der Waals surface area contributed by atoms with Crippen molar-refractivity contribution in [1.82, 2.24) is 25.6 Å². The Labute approximate surface area is 198 Å². The van der Waals surface area contributed by atoms with Gasteiger partial charge in [0.25, 0.3) is 0 Å². The molecule has 6 heteroatoms. The number of H-pyrrole nitrogens is 1. The quantitative estimate of drug-likeness (QED) is 0.295. The number of rotatable bonds is 9. The van der Waals surface area contributed by atoms with Crippen molar-refractivity contribution in [3.8, 4) is 5.75 Å². The second-order valence-corrected chi connectivity index (χ2v) is 8.11. The van der Waals surface area contributed by atoms with E-state index in [0.717, 1.165) is 53.0 Å². The molecule has 0 amide bonds. The SMILES string of the molecule is C(=Cc1ccc(OCc2ccc3ccccc3n2)cc1)c1ccc(CCCc2nn[nH]n2)cc1. The number of nitrogens with one attached hydrogen (secondary N) is 1. The second kappa shape index (κ2) is 10.5. The molecule has 5 aromatic rings. The molecule has 0 saturated heterocycles. The minimum absolute atomic E-state index is 0.446. The first-order valence-electron chi connectivity index (χ1n) is 11.4. The lowest BCUT2D eigenvalue weighted by molar-refractivity contribution is 0.302. The fourth-order valence-corrected chi connectivity index (χ4v) is 3.75. The van der Waals surface area contributed by atoms with Gasteiger partial charge >= 0.3 is 0 Å². The van der Waals surface area contributed by atoms with Crippen LogP contribution in [0.3, 0.4) is 0 Å². The number of tetrazole rings is 1. The Morgan fingerprint density at radius 1 is 0.765 bits per heavy atom. The number of nitrogens with zero attached hydrogens (tertiary/aromatic N) is 4. The summed E-state index contributed by atoms with van der Waals surface area (Å²) in [4.78, 5) is 4.66. The average Bonchev–Trinajstić information content (AvgIpc) is 3.41. The maximum absolute atomic E-state index is 5.93.